The first-order valence-corrected chi connectivity index (χ1v) is 5.75. The maximum Gasteiger partial charge on any atom is 0.237 e. The van der Waals surface area contributed by atoms with Crippen LogP contribution in [0.2, 0.25) is 0 Å². The molecule has 0 saturated carbocycles. The lowest BCUT2D eigenvalue weighted by Crippen LogP contribution is -2.51. The van der Waals surface area contributed by atoms with Gasteiger partial charge in [0.25, 0.3) is 0 Å². The van der Waals surface area contributed by atoms with Crippen LogP contribution < -0.4 is 5.32 Å². The van der Waals surface area contributed by atoms with Crippen LogP contribution in [0.15, 0.2) is 0 Å². The second-order valence-electron chi connectivity index (χ2n) is 5.04. The fourth-order valence-corrected chi connectivity index (χ4v) is 1.43. The Kier molecular flexibility index (Phi) is 6.05. The molecule has 0 saturated heterocycles. The van der Waals surface area contributed by atoms with E-state index in [1.54, 1.807) is 0 Å². The summed E-state index contributed by atoms with van der Waals surface area (Å²) in [6.45, 7) is 10.8. The van der Waals surface area contributed by atoms with E-state index in [9.17, 15) is 4.79 Å². The van der Waals surface area contributed by atoms with E-state index in [1.807, 2.05) is 39.5 Å². The van der Waals surface area contributed by atoms with Crippen LogP contribution in [0.25, 0.3) is 0 Å². The molecule has 0 aliphatic carbocycles. The molecule has 1 N–H and O–H groups in total. The molecule has 0 aliphatic rings. The van der Waals surface area contributed by atoms with Gasteiger partial charge in [-0.2, -0.15) is 5.26 Å². The Morgan fingerprint density at radius 3 is 2.44 bits per heavy atom. The Labute approximate surface area is 98.6 Å². The van der Waals surface area contributed by atoms with Gasteiger partial charge in [0.15, 0.2) is 0 Å². The molecule has 4 nitrogen and oxygen atoms in total. The smallest absolute Gasteiger partial charge is 0.237 e. The van der Waals surface area contributed by atoms with Crippen molar-refractivity contribution in [3.8, 4) is 6.07 Å². The lowest BCUT2D eigenvalue weighted by molar-refractivity contribution is -0.127. The van der Waals surface area contributed by atoms with E-state index in [0.29, 0.717) is 6.54 Å². The molecule has 16 heavy (non-hydrogen) atoms. The zero-order valence-corrected chi connectivity index (χ0v) is 11.0. The molecular formula is C12H23N3O. The summed E-state index contributed by atoms with van der Waals surface area (Å²) in [7, 11) is 0. The third-order valence-corrected chi connectivity index (χ3v) is 2.21. The minimum Gasteiger partial charge on any atom is -0.350 e. The van der Waals surface area contributed by atoms with Crippen molar-refractivity contribution in [2.24, 2.45) is 0 Å². The zero-order valence-electron chi connectivity index (χ0n) is 11.0. The van der Waals surface area contributed by atoms with E-state index in [1.165, 1.54) is 0 Å². The van der Waals surface area contributed by atoms with Gasteiger partial charge < -0.3 is 5.32 Å². The maximum absolute atomic E-state index is 11.9. The molecule has 0 bridgehead atoms. The second-order valence-corrected chi connectivity index (χ2v) is 5.04. The van der Waals surface area contributed by atoms with E-state index in [0.717, 1.165) is 13.0 Å². The first kappa shape index (κ1) is 14.9. The quantitative estimate of drug-likeness (QED) is 0.722. The SMILES string of the molecule is CCCN(CC#N)C(C)C(=O)NC(C)(C)C. The second kappa shape index (κ2) is 6.49. The highest BCUT2D eigenvalue weighted by molar-refractivity contribution is 5.81. The van der Waals surface area contributed by atoms with E-state index >= 15 is 0 Å². The van der Waals surface area contributed by atoms with E-state index in [4.69, 9.17) is 5.26 Å². The molecule has 0 radical (unpaired) electrons. The van der Waals surface area contributed by atoms with Crippen molar-refractivity contribution in [1.29, 1.82) is 5.26 Å². The summed E-state index contributed by atoms with van der Waals surface area (Å²) in [5, 5.41) is 11.6. The Hall–Kier alpha value is -1.08. The predicted molar refractivity (Wildman–Crippen MR) is 64.8 cm³/mol. The van der Waals surface area contributed by atoms with Crippen molar-refractivity contribution in [2.75, 3.05) is 13.1 Å². The Morgan fingerprint density at radius 1 is 1.50 bits per heavy atom. The maximum atomic E-state index is 11.9. The molecule has 1 amide bonds. The molecule has 92 valence electrons. The number of amides is 1. The Bertz CT molecular complexity index is 262. The van der Waals surface area contributed by atoms with E-state index < -0.39 is 0 Å². The van der Waals surface area contributed by atoms with Gasteiger partial charge in [0.05, 0.1) is 18.7 Å². The van der Waals surface area contributed by atoms with Crippen LogP contribution in [0, 0.1) is 11.3 Å². The topological polar surface area (TPSA) is 56.1 Å². The monoisotopic (exact) mass is 225 g/mol. The van der Waals surface area contributed by atoms with Gasteiger partial charge in [0, 0.05) is 5.54 Å². The summed E-state index contributed by atoms with van der Waals surface area (Å²) >= 11 is 0. The highest BCUT2D eigenvalue weighted by Gasteiger charge is 2.23. The van der Waals surface area contributed by atoms with Gasteiger partial charge in [-0.3, -0.25) is 9.69 Å². The predicted octanol–water partition coefficient (Wildman–Crippen LogP) is 1.53. The van der Waals surface area contributed by atoms with Crippen molar-refractivity contribution in [1.82, 2.24) is 10.2 Å². The number of hydrogen-bond donors (Lipinski definition) is 1. The molecule has 0 aliphatic heterocycles. The minimum absolute atomic E-state index is 0.0174. The van der Waals surface area contributed by atoms with E-state index in [-0.39, 0.29) is 17.5 Å². The van der Waals surface area contributed by atoms with Crippen LogP contribution in [-0.4, -0.2) is 35.5 Å². The Morgan fingerprint density at radius 2 is 2.06 bits per heavy atom. The molecule has 0 heterocycles. The fraction of sp³-hybridized carbons (Fsp3) is 0.833. The summed E-state index contributed by atoms with van der Waals surface area (Å²) in [4.78, 5) is 13.8. The van der Waals surface area contributed by atoms with Gasteiger partial charge in [0.2, 0.25) is 5.91 Å². The number of nitrogens with one attached hydrogen (secondary N) is 1. The lowest BCUT2D eigenvalue weighted by atomic mass is 10.1. The van der Waals surface area contributed by atoms with Gasteiger partial charge >= 0.3 is 0 Å². The van der Waals surface area contributed by atoms with E-state index in [2.05, 4.69) is 11.4 Å². The van der Waals surface area contributed by atoms with Gasteiger partial charge in [-0.15, -0.1) is 0 Å². The number of rotatable bonds is 5. The molecule has 4 heteroatoms. The summed E-state index contributed by atoms with van der Waals surface area (Å²) in [6.07, 6.45) is 0.939. The molecule has 0 aromatic rings. The fourth-order valence-electron chi connectivity index (χ4n) is 1.43. The molecule has 0 spiro atoms. The van der Waals surface area contributed by atoms with Crippen LogP contribution in [0.5, 0.6) is 0 Å². The third kappa shape index (κ3) is 5.72. The summed E-state index contributed by atoms with van der Waals surface area (Å²) in [5.74, 6) is -0.0174. The highest BCUT2D eigenvalue weighted by atomic mass is 16.2. The molecule has 0 rings (SSSR count). The number of carbonyl (C=O) groups excluding carboxylic acids is 1. The van der Waals surface area contributed by atoms with Gasteiger partial charge in [0.1, 0.15) is 0 Å². The van der Waals surface area contributed by atoms with Gasteiger partial charge in [-0.25, -0.2) is 0 Å². The zero-order chi connectivity index (χ0) is 12.8. The molecule has 0 aromatic heterocycles. The highest BCUT2D eigenvalue weighted by Crippen LogP contribution is 2.04. The average molecular weight is 225 g/mol. The van der Waals surface area contributed by atoms with Crippen molar-refractivity contribution in [3.05, 3.63) is 0 Å². The van der Waals surface area contributed by atoms with Crippen molar-refractivity contribution in [2.45, 2.75) is 52.6 Å². The normalized spacial score (nSPS) is 13.3. The molecular weight excluding hydrogens is 202 g/mol. The summed E-state index contributed by atoms with van der Waals surface area (Å²) < 4.78 is 0. The van der Waals surface area contributed by atoms with Crippen molar-refractivity contribution < 1.29 is 4.79 Å². The van der Waals surface area contributed by atoms with Gasteiger partial charge in [-0.05, 0) is 40.7 Å². The van der Waals surface area contributed by atoms with Crippen LogP contribution >= 0.6 is 0 Å². The van der Waals surface area contributed by atoms with Crippen molar-refractivity contribution in [3.63, 3.8) is 0 Å². The van der Waals surface area contributed by atoms with Crippen LogP contribution in [0.1, 0.15) is 41.0 Å². The first-order chi connectivity index (χ1) is 7.31. The standard InChI is InChI=1S/C12H23N3O/c1-6-8-15(9-7-13)10(2)11(16)14-12(3,4)5/h10H,6,8-9H2,1-5H3,(H,14,16). The molecule has 0 aromatic carbocycles. The molecule has 1 unspecified atom stereocenters. The van der Waals surface area contributed by atoms with Gasteiger partial charge in [-0.1, -0.05) is 6.92 Å². The Balaban J connectivity index is 4.43. The van der Waals surface area contributed by atoms with Crippen LogP contribution in [-0.2, 0) is 4.79 Å². The number of nitrogens with zero attached hydrogens (tertiary/aromatic N) is 2. The number of carbonyl (C=O) groups is 1. The lowest BCUT2D eigenvalue weighted by Gasteiger charge is -2.29. The third-order valence-electron chi connectivity index (χ3n) is 2.21. The number of nitriles is 1. The number of hydrogen-bond acceptors (Lipinski definition) is 3. The summed E-state index contributed by atoms with van der Waals surface area (Å²) in [5.41, 5.74) is -0.226. The molecule has 1 atom stereocenters. The largest absolute Gasteiger partial charge is 0.350 e. The summed E-state index contributed by atoms with van der Waals surface area (Å²) in [6, 6.07) is 1.85. The van der Waals surface area contributed by atoms with Crippen LogP contribution in [0.4, 0.5) is 0 Å². The molecule has 0 fully saturated rings. The first-order valence-electron chi connectivity index (χ1n) is 5.75. The minimum atomic E-state index is -0.251. The average Bonchev–Trinajstić information content (AvgIpc) is 2.13. The van der Waals surface area contributed by atoms with Crippen molar-refractivity contribution >= 4 is 5.91 Å². The van der Waals surface area contributed by atoms with Crippen LogP contribution in [0.3, 0.4) is 0 Å².